The van der Waals surface area contributed by atoms with E-state index in [1.165, 1.54) is 0 Å². The first-order chi connectivity index (χ1) is 4.92. The Hall–Kier alpha value is 0.725. The molecule has 0 aromatic rings. The van der Waals surface area contributed by atoms with Gasteiger partial charge in [0.25, 0.3) is 5.27 Å². The van der Waals surface area contributed by atoms with E-state index in [-0.39, 0.29) is 10.9 Å². The van der Waals surface area contributed by atoms with Crippen molar-refractivity contribution in [1.29, 1.82) is 0 Å². The van der Waals surface area contributed by atoms with Gasteiger partial charge in [0.05, 0.1) is 5.60 Å². The Morgan fingerprint density at radius 2 is 1.82 bits per heavy atom. The van der Waals surface area contributed by atoms with Crippen molar-refractivity contribution in [3.8, 4) is 0 Å². The lowest BCUT2D eigenvalue weighted by atomic mass is 9.98. The van der Waals surface area contributed by atoms with E-state index in [4.69, 9.17) is 4.74 Å². The van der Waals surface area contributed by atoms with Crippen molar-refractivity contribution >= 4 is 30.2 Å². The van der Waals surface area contributed by atoms with Crippen molar-refractivity contribution < 1.29 is 4.74 Å². The Balaban J connectivity index is 3.15. The second kappa shape index (κ2) is 5.38. The molecule has 0 saturated carbocycles. The summed E-state index contributed by atoms with van der Waals surface area (Å²) < 4.78 is 5.51. The summed E-state index contributed by atoms with van der Waals surface area (Å²) in [7, 11) is 0. The zero-order valence-electron chi connectivity index (χ0n) is 7.50. The smallest absolute Gasteiger partial charge is 0.267 e. The van der Waals surface area contributed by atoms with Crippen LogP contribution in [0.1, 0.15) is 27.2 Å². The molecule has 0 aliphatic heterocycles. The standard InChI is InChI=1S/C7H17BOS2/c1-7(2,3)9-6-4-5-8(10)11/h10-11H,4-6H2,1-3H3. The minimum Gasteiger partial charge on any atom is -0.376 e. The van der Waals surface area contributed by atoms with Gasteiger partial charge in [0, 0.05) is 6.61 Å². The van der Waals surface area contributed by atoms with E-state index in [1.807, 2.05) is 0 Å². The maximum absolute atomic E-state index is 5.51. The van der Waals surface area contributed by atoms with Gasteiger partial charge in [-0.05, 0) is 27.2 Å². The van der Waals surface area contributed by atoms with Gasteiger partial charge in [0.2, 0.25) is 0 Å². The Kier molecular flexibility index (Phi) is 5.74. The van der Waals surface area contributed by atoms with Crippen LogP contribution < -0.4 is 0 Å². The van der Waals surface area contributed by atoms with Crippen molar-refractivity contribution in [2.75, 3.05) is 6.61 Å². The molecule has 0 fully saturated rings. The molecule has 0 aromatic carbocycles. The summed E-state index contributed by atoms with van der Waals surface area (Å²) in [6.07, 6.45) is 2.04. The zero-order valence-corrected chi connectivity index (χ0v) is 9.29. The molecule has 1 nitrogen and oxygen atoms in total. The third kappa shape index (κ3) is 10.7. The average molecular weight is 192 g/mol. The van der Waals surface area contributed by atoms with Crippen LogP contribution in [0.4, 0.5) is 0 Å². The van der Waals surface area contributed by atoms with Crippen molar-refractivity contribution in [3.63, 3.8) is 0 Å². The van der Waals surface area contributed by atoms with Gasteiger partial charge >= 0.3 is 0 Å². The van der Waals surface area contributed by atoms with Crippen LogP contribution in [-0.2, 0) is 4.74 Å². The third-order valence-electron chi connectivity index (χ3n) is 1.14. The lowest BCUT2D eigenvalue weighted by Gasteiger charge is -2.19. The van der Waals surface area contributed by atoms with Gasteiger partial charge in [-0.25, -0.2) is 25.0 Å². The highest BCUT2D eigenvalue weighted by Crippen LogP contribution is 2.10. The molecule has 0 aromatic heterocycles. The Labute approximate surface area is 81.0 Å². The minimum atomic E-state index is -0.0112. The highest BCUT2D eigenvalue weighted by Gasteiger charge is 2.09. The van der Waals surface area contributed by atoms with Crippen LogP contribution in [0.2, 0.25) is 6.32 Å². The molecule has 0 rings (SSSR count). The second-order valence-electron chi connectivity index (χ2n) is 3.58. The summed E-state index contributed by atoms with van der Waals surface area (Å²) in [5, 5.41) is 0.193. The number of thiol groups is 2. The highest BCUT2D eigenvalue weighted by molar-refractivity contribution is 8.40. The van der Waals surface area contributed by atoms with Crippen molar-refractivity contribution in [3.05, 3.63) is 0 Å². The van der Waals surface area contributed by atoms with Crippen molar-refractivity contribution in [2.24, 2.45) is 0 Å². The van der Waals surface area contributed by atoms with E-state index in [9.17, 15) is 0 Å². The average Bonchev–Trinajstić information content (AvgIpc) is 1.78. The molecule has 0 radical (unpaired) electrons. The molecule has 4 heteroatoms. The van der Waals surface area contributed by atoms with Crippen LogP contribution in [0.15, 0.2) is 0 Å². The summed E-state index contributed by atoms with van der Waals surface area (Å²) in [5.74, 6) is 0. The maximum atomic E-state index is 5.51. The summed E-state index contributed by atoms with van der Waals surface area (Å²) in [6, 6.07) is 0. The van der Waals surface area contributed by atoms with E-state index in [2.05, 4.69) is 45.7 Å². The van der Waals surface area contributed by atoms with Crippen LogP contribution in [0, 0.1) is 0 Å². The van der Waals surface area contributed by atoms with Crippen molar-refractivity contribution in [1.82, 2.24) is 0 Å². The molecule has 0 amide bonds. The van der Waals surface area contributed by atoms with Crippen LogP contribution in [0.3, 0.4) is 0 Å². The fourth-order valence-electron chi connectivity index (χ4n) is 0.644. The Bertz CT molecular complexity index is 101. The lowest BCUT2D eigenvalue weighted by Crippen LogP contribution is -2.19. The third-order valence-corrected chi connectivity index (χ3v) is 1.66. The monoisotopic (exact) mass is 192 g/mol. The Morgan fingerprint density at radius 3 is 2.18 bits per heavy atom. The minimum absolute atomic E-state index is 0.0112. The molecule has 0 bridgehead atoms. The van der Waals surface area contributed by atoms with Crippen molar-refractivity contribution in [2.45, 2.75) is 39.1 Å². The molecule has 0 aliphatic rings. The predicted octanol–water partition coefficient (Wildman–Crippen LogP) is 2.54. The quantitative estimate of drug-likeness (QED) is 0.395. The van der Waals surface area contributed by atoms with E-state index in [1.54, 1.807) is 0 Å². The first-order valence-corrected chi connectivity index (χ1v) is 4.95. The SMILES string of the molecule is CC(C)(C)OCCCB(S)S. The molecule has 0 saturated heterocycles. The number of ether oxygens (including phenoxy) is 1. The molecule has 0 unspecified atom stereocenters. The predicted molar refractivity (Wildman–Crippen MR) is 58.9 cm³/mol. The Morgan fingerprint density at radius 1 is 1.27 bits per heavy atom. The molecule has 0 N–H and O–H groups in total. The highest BCUT2D eigenvalue weighted by atomic mass is 32.2. The first-order valence-electron chi connectivity index (χ1n) is 3.92. The van der Waals surface area contributed by atoms with E-state index < -0.39 is 0 Å². The molecular formula is C7H17BOS2. The fraction of sp³-hybridized carbons (Fsp3) is 1.00. The molecule has 66 valence electrons. The van der Waals surface area contributed by atoms with Gasteiger partial charge in [-0.15, -0.1) is 0 Å². The summed E-state index contributed by atoms with van der Waals surface area (Å²) in [6.45, 7) is 6.99. The summed E-state index contributed by atoms with van der Waals surface area (Å²) in [5.41, 5.74) is -0.0112. The molecular weight excluding hydrogens is 175 g/mol. The van der Waals surface area contributed by atoms with Gasteiger partial charge in [-0.2, -0.15) is 0 Å². The number of hydrogen-bond acceptors (Lipinski definition) is 3. The van der Waals surface area contributed by atoms with Crippen LogP contribution >= 0.6 is 25.0 Å². The molecule has 0 atom stereocenters. The first kappa shape index (κ1) is 11.7. The largest absolute Gasteiger partial charge is 0.376 e. The van der Waals surface area contributed by atoms with Gasteiger partial charge < -0.3 is 4.74 Å². The van der Waals surface area contributed by atoms with E-state index in [0.717, 1.165) is 19.3 Å². The normalized spacial score (nSPS) is 11.7. The van der Waals surface area contributed by atoms with Gasteiger partial charge in [0.1, 0.15) is 0 Å². The molecule has 11 heavy (non-hydrogen) atoms. The second-order valence-corrected chi connectivity index (χ2v) is 5.24. The molecule has 0 spiro atoms. The number of hydrogen-bond donors (Lipinski definition) is 2. The maximum Gasteiger partial charge on any atom is 0.267 e. The van der Waals surface area contributed by atoms with Crippen LogP contribution in [0.5, 0.6) is 0 Å². The van der Waals surface area contributed by atoms with Gasteiger partial charge in [-0.3, -0.25) is 0 Å². The fourth-order valence-corrected chi connectivity index (χ4v) is 1.01. The molecule has 0 aliphatic carbocycles. The topological polar surface area (TPSA) is 9.23 Å². The molecule has 0 heterocycles. The van der Waals surface area contributed by atoms with Crippen LogP contribution in [-0.4, -0.2) is 17.5 Å². The lowest BCUT2D eigenvalue weighted by molar-refractivity contribution is -0.00232. The summed E-state index contributed by atoms with van der Waals surface area (Å²) in [4.78, 5) is 0. The van der Waals surface area contributed by atoms with Crippen LogP contribution in [0.25, 0.3) is 0 Å². The van der Waals surface area contributed by atoms with Gasteiger partial charge in [0.15, 0.2) is 0 Å². The summed E-state index contributed by atoms with van der Waals surface area (Å²) >= 11 is 8.30. The van der Waals surface area contributed by atoms with E-state index in [0.29, 0.717) is 0 Å². The van der Waals surface area contributed by atoms with E-state index >= 15 is 0 Å². The number of rotatable bonds is 4. The zero-order chi connectivity index (χ0) is 8.91. The van der Waals surface area contributed by atoms with Gasteiger partial charge in [-0.1, -0.05) is 6.32 Å².